The molecule has 0 fully saturated rings. The summed E-state index contributed by atoms with van der Waals surface area (Å²) < 4.78 is 4.59. The summed E-state index contributed by atoms with van der Waals surface area (Å²) in [6.45, 7) is 0.380. The number of benzene rings is 5. The number of fused-ring (bicyclic) bond motifs is 3. The van der Waals surface area contributed by atoms with Gasteiger partial charge in [0, 0.05) is 40.3 Å². The topological polar surface area (TPSA) is 124 Å². The van der Waals surface area contributed by atoms with Gasteiger partial charge in [0.2, 0.25) is 5.78 Å². The van der Waals surface area contributed by atoms with Crippen molar-refractivity contribution in [2.45, 2.75) is 13.1 Å². The van der Waals surface area contributed by atoms with Crippen molar-refractivity contribution in [2.75, 3.05) is 0 Å². The third-order valence-electron chi connectivity index (χ3n) is 9.30. The average molecular weight is 672 g/mol. The van der Waals surface area contributed by atoms with Gasteiger partial charge in [-0.25, -0.2) is 9.59 Å². The molecule has 0 aliphatic heterocycles. The molecule has 0 saturated carbocycles. The number of carbonyl (C=O) groups is 4. The van der Waals surface area contributed by atoms with Crippen molar-refractivity contribution in [3.63, 3.8) is 0 Å². The number of rotatable bonds is 9. The molecule has 0 unspecified atom stereocenters. The standard InChI is InChI=1S/C42H29N3O6/c46-39(37-35(41(48)49)29-18-8-11-21-32(29)43(37)24-26-13-3-1-4-14-26)34-23-28-17-7-10-20-31(28)45(34)40(47)38-36(42(50)51)30-19-9-12-22-33(30)44(38)25-27-15-5-2-6-16-27/h1-23H,24-25H2,(H,48,49)(H,50,51). The van der Waals surface area contributed by atoms with Crippen molar-refractivity contribution in [1.82, 2.24) is 13.7 Å². The van der Waals surface area contributed by atoms with Crippen LogP contribution in [0.5, 0.6) is 0 Å². The first kappa shape index (κ1) is 31.3. The van der Waals surface area contributed by atoms with Crippen molar-refractivity contribution in [1.29, 1.82) is 0 Å². The second-order valence-electron chi connectivity index (χ2n) is 12.3. The number of aromatic nitrogens is 3. The van der Waals surface area contributed by atoms with Crippen LogP contribution in [0.2, 0.25) is 0 Å². The van der Waals surface area contributed by atoms with Crippen LogP contribution in [0.15, 0.2) is 140 Å². The highest BCUT2D eigenvalue weighted by Crippen LogP contribution is 2.34. The lowest BCUT2D eigenvalue weighted by molar-refractivity contribution is 0.0684. The quantitative estimate of drug-likeness (QED) is 0.150. The molecule has 248 valence electrons. The van der Waals surface area contributed by atoms with E-state index >= 15 is 9.59 Å². The molecule has 5 aromatic carbocycles. The van der Waals surface area contributed by atoms with Gasteiger partial charge in [0.1, 0.15) is 11.4 Å². The van der Waals surface area contributed by atoms with E-state index in [2.05, 4.69) is 0 Å². The Balaban J connectivity index is 1.40. The van der Waals surface area contributed by atoms with E-state index in [4.69, 9.17) is 0 Å². The Bertz CT molecular complexity index is 2680. The van der Waals surface area contributed by atoms with Crippen LogP contribution in [0.25, 0.3) is 32.7 Å². The molecular formula is C42H29N3O6. The molecule has 51 heavy (non-hydrogen) atoms. The lowest BCUT2D eigenvalue weighted by Gasteiger charge is -2.15. The molecule has 9 heteroatoms. The predicted molar refractivity (Wildman–Crippen MR) is 194 cm³/mol. The fourth-order valence-corrected chi connectivity index (χ4v) is 7.13. The van der Waals surface area contributed by atoms with Crippen LogP contribution in [0, 0.1) is 0 Å². The molecular weight excluding hydrogens is 642 g/mol. The fourth-order valence-electron chi connectivity index (χ4n) is 7.13. The van der Waals surface area contributed by atoms with Crippen molar-refractivity contribution in [2.24, 2.45) is 0 Å². The third-order valence-corrected chi connectivity index (χ3v) is 9.30. The summed E-state index contributed by atoms with van der Waals surface area (Å²) in [4.78, 5) is 56.2. The first-order valence-corrected chi connectivity index (χ1v) is 16.3. The fraction of sp³-hybridized carbons (Fsp3) is 0.0476. The van der Waals surface area contributed by atoms with Gasteiger partial charge in [0.25, 0.3) is 5.91 Å². The molecule has 2 N–H and O–H groups in total. The van der Waals surface area contributed by atoms with E-state index in [0.717, 1.165) is 11.1 Å². The van der Waals surface area contributed by atoms with Gasteiger partial charge in [0.05, 0.1) is 22.3 Å². The van der Waals surface area contributed by atoms with E-state index in [-0.39, 0.29) is 41.3 Å². The molecule has 3 aromatic heterocycles. The molecule has 3 heterocycles. The Morgan fingerprint density at radius 3 is 1.45 bits per heavy atom. The van der Waals surface area contributed by atoms with E-state index in [1.54, 1.807) is 88.0 Å². The van der Waals surface area contributed by atoms with Crippen molar-refractivity contribution in [3.8, 4) is 0 Å². The smallest absolute Gasteiger partial charge is 0.338 e. The van der Waals surface area contributed by atoms with E-state index in [1.165, 1.54) is 4.57 Å². The molecule has 8 aromatic rings. The van der Waals surface area contributed by atoms with Crippen LogP contribution >= 0.6 is 0 Å². The number of hydrogen-bond acceptors (Lipinski definition) is 4. The molecule has 0 radical (unpaired) electrons. The second-order valence-corrected chi connectivity index (χ2v) is 12.3. The summed E-state index contributed by atoms with van der Waals surface area (Å²) in [7, 11) is 0. The van der Waals surface area contributed by atoms with E-state index in [0.29, 0.717) is 32.7 Å². The van der Waals surface area contributed by atoms with Gasteiger partial charge in [-0.05, 0) is 35.4 Å². The summed E-state index contributed by atoms with van der Waals surface area (Å²) in [5, 5.41) is 22.5. The molecule has 0 saturated heterocycles. The Labute approximate surface area is 290 Å². The van der Waals surface area contributed by atoms with Gasteiger partial charge >= 0.3 is 11.9 Å². The van der Waals surface area contributed by atoms with Crippen LogP contribution in [-0.2, 0) is 13.1 Å². The van der Waals surface area contributed by atoms with Crippen molar-refractivity contribution in [3.05, 3.63) is 179 Å². The minimum Gasteiger partial charge on any atom is -0.478 e. The largest absolute Gasteiger partial charge is 0.478 e. The number of carboxylic acids is 2. The predicted octanol–water partition coefficient (Wildman–Crippen LogP) is 7.96. The molecule has 8 rings (SSSR count). The highest BCUT2D eigenvalue weighted by atomic mass is 16.4. The molecule has 0 aliphatic rings. The van der Waals surface area contributed by atoms with Gasteiger partial charge in [-0.3, -0.25) is 14.2 Å². The third kappa shape index (κ3) is 5.19. The Kier molecular flexibility index (Phi) is 7.65. The normalized spacial score (nSPS) is 11.4. The lowest BCUT2D eigenvalue weighted by atomic mass is 10.1. The minimum atomic E-state index is -1.29. The number of ketones is 1. The highest BCUT2D eigenvalue weighted by molar-refractivity contribution is 6.23. The van der Waals surface area contributed by atoms with Crippen LogP contribution < -0.4 is 0 Å². The first-order valence-electron chi connectivity index (χ1n) is 16.3. The van der Waals surface area contributed by atoms with E-state index in [1.807, 2.05) is 60.7 Å². The summed E-state index contributed by atoms with van der Waals surface area (Å²) in [6.07, 6.45) is 0. The number of hydrogen-bond donors (Lipinski definition) is 2. The summed E-state index contributed by atoms with van der Waals surface area (Å²) in [5.41, 5.74) is 2.50. The lowest BCUT2D eigenvalue weighted by Crippen LogP contribution is -2.25. The molecule has 0 spiro atoms. The number of nitrogens with zero attached hydrogens (tertiary/aromatic N) is 3. The maximum Gasteiger partial charge on any atom is 0.338 e. The Morgan fingerprint density at radius 1 is 0.490 bits per heavy atom. The minimum absolute atomic E-state index is 0.0892. The van der Waals surface area contributed by atoms with E-state index < -0.39 is 23.6 Å². The average Bonchev–Trinajstić information content (AvgIpc) is 3.80. The zero-order valence-corrected chi connectivity index (χ0v) is 27.1. The summed E-state index contributed by atoms with van der Waals surface area (Å²) in [6, 6.07) is 41.2. The van der Waals surface area contributed by atoms with Gasteiger partial charge in [-0.1, -0.05) is 115 Å². The van der Waals surface area contributed by atoms with Gasteiger partial charge in [-0.15, -0.1) is 0 Å². The Morgan fingerprint density at radius 2 is 0.922 bits per heavy atom. The number of carbonyl (C=O) groups excluding carboxylic acids is 2. The van der Waals surface area contributed by atoms with E-state index in [9.17, 15) is 19.8 Å². The monoisotopic (exact) mass is 671 g/mol. The molecule has 0 aliphatic carbocycles. The highest BCUT2D eigenvalue weighted by Gasteiger charge is 2.34. The molecule has 0 atom stereocenters. The Hall–Kier alpha value is -7.00. The number of carboxylic acid groups (broad SMARTS) is 2. The maximum atomic E-state index is 15.2. The van der Waals surface area contributed by atoms with Crippen LogP contribution in [0.4, 0.5) is 0 Å². The van der Waals surface area contributed by atoms with Crippen molar-refractivity contribution < 1.29 is 29.4 Å². The number of aromatic carboxylic acids is 2. The SMILES string of the molecule is O=C(O)c1c(C(=O)c2cc3ccccc3n2C(=O)c2c(C(=O)O)c3ccccc3n2Cc2ccccc2)n(Cc2ccccc2)c2ccccc12. The summed E-state index contributed by atoms with van der Waals surface area (Å²) in [5.74, 6) is -3.99. The molecule has 9 nitrogen and oxygen atoms in total. The van der Waals surface area contributed by atoms with Crippen LogP contribution in [0.3, 0.4) is 0 Å². The number of para-hydroxylation sites is 3. The zero-order valence-electron chi connectivity index (χ0n) is 27.1. The second kappa shape index (κ2) is 12.5. The van der Waals surface area contributed by atoms with Crippen LogP contribution in [-0.4, -0.2) is 47.5 Å². The zero-order chi connectivity index (χ0) is 35.2. The summed E-state index contributed by atoms with van der Waals surface area (Å²) >= 11 is 0. The van der Waals surface area contributed by atoms with Gasteiger partial charge in [0.15, 0.2) is 0 Å². The maximum absolute atomic E-state index is 15.2. The molecule has 0 amide bonds. The van der Waals surface area contributed by atoms with Crippen LogP contribution in [0.1, 0.15) is 58.5 Å². The van der Waals surface area contributed by atoms with Crippen molar-refractivity contribution >= 4 is 56.3 Å². The molecule has 0 bridgehead atoms. The van der Waals surface area contributed by atoms with Gasteiger partial charge < -0.3 is 19.3 Å². The first-order chi connectivity index (χ1) is 24.8. The van der Waals surface area contributed by atoms with Gasteiger partial charge in [-0.2, -0.15) is 0 Å².